The van der Waals surface area contributed by atoms with E-state index in [1.165, 1.54) is 24.4 Å². The molecule has 0 aliphatic rings. The smallest absolute Gasteiger partial charge is 0.285 e. The molecule has 0 radical (unpaired) electrons. The van der Waals surface area contributed by atoms with Crippen LogP contribution in [-0.2, 0) is 10.0 Å². The van der Waals surface area contributed by atoms with Crippen molar-refractivity contribution in [3.05, 3.63) is 47.4 Å². The third-order valence-electron chi connectivity index (χ3n) is 2.51. The van der Waals surface area contributed by atoms with Gasteiger partial charge in [-0.1, -0.05) is 23.7 Å². The molecule has 2 rings (SSSR count). The van der Waals surface area contributed by atoms with Crippen LogP contribution in [0.15, 0.2) is 41.6 Å². The molecule has 0 fully saturated rings. The number of ether oxygens (including phenoxy) is 1. The minimum atomic E-state index is -4.09. The zero-order valence-corrected chi connectivity index (χ0v) is 13.1. The Morgan fingerprint density at radius 1 is 1.27 bits per heavy atom. The summed E-state index contributed by atoms with van der Waals surface area (Å²) < 4.78 is 31.2. The maximum Gasteiger partial charge on any atom is 0.285 e. The quantitative estimate of drug-likeness (QED) is 0.887. The second-order valence-corrected chi connectivity index (χ2v) is 6.10. The average Bonchev–Trinajstić information content (AvgIpc) is 2.48. The summed E-state index contributed by atoms with van der Waals surface area (Å²) in [5, 5.41) is 0.0144. The Bertz CT molecular complexity index is 778. The van der Waals surface area contributed by atoms with E-state index in [0.29, 0.717) is 6.61 Å². The number of halogens is 1. The Labute approximate surface area is 132 Å². The number of carbonyl (C=O) groups excluding carboxylic acids is 1. The molecule has 116 valence electrons. The Hall–Kier alpha value is -2.19. The standard InChI is InChI=1S/C13H12ClN3O4S/c1-2-21-12-8-15-10(7-16-12)13(18)17-22(19,20)11-6-4-3-5-9(11)14/h3-8H,2H2,1H3,(H,17,18). The van der Waals surface area contributed by atoms with Gasteiger partial charge in [-0.05, 0) is 19.1 Å². The van der Waals surface area contributed by atoms with Crippen LogP contribution in [0, 0.1) is 0 Å². The molecular formula is C13H12ClN3O4S. The van der Waals surface area contributed by atoms with Crippen molar-refractivity contribution in [2.24, 2.45) is 0 Å². The van der Waals surface area contributed by atoms with Gasteiger partial charge in [0.15, 0.2) is 0 Å². The Kier molecular flexibility index (Phi) is 4.94. The Morgan fingerprint density at radius 2 is 2.00 bits per heavy atom. The summed E-state index contributed by atoms with van der Waals surface area (Å²) in [7, 11) is -4.09. The molecule has 0 bridgehead atoms. The number of carbonyl (C=O) groups is 1. The summed E-state index contributed by atoms with van der Waals surface area (Å²) in [4.78, 5) is 19.4. The fraction of sp³-hybridized carbons (Fsp3) is 0.154. The van der Waals surface area contributed by atoms with Crippen LogP contribution in [-0.4, -0.2) is 30.9 Å². The first kappa shape index (κ1) is 16.2. The summed E-state index contributed by atoms with van der Waals surface area (Å²) in [6.07, 6.45) is 2.36. The van der Waals surface area contributed by atoms with E-state index in [0.717, 1.165) is 6.20 Å². The average molecular weight is 342 g/mol. The van der Waals surface area contributed by atoms with Crippen LogP contribution in [0.25, 0.3) is 0 Å². The number of benzene rings is 1. The highest BCUT2D eigenvalue weighted by atomic mass is 35.5. The van der Waals surface area contributed by atoms with Crippen molar-refractivity contribution in [3.63, 3.8) is 0 Å². The van der Waals surface area contributed by atoms with Gasteiger partial charge in [0.05, 0.1) is 24.0 Å². The first-order chi connectivity index (χ1) is 10.4. The van der Waals surface area contributed by atoms with Gasteiger partial charge in [-0.15, -0.1) is 0 Å². The highest BCUT2D eigenvalue weighted by Gasteiger charge is 2.22. The minimum absolute atomic E-state index is 0.0144. The van der Waals surface area contributed by atoms with Crippen molar-refractivity contribution in [2.45, 2.75) is 11.8 Å². The Balaban J connectivity index is 2.19. The van der Waals surface area contributed by atoms with Crippen LogP contribution in [0.3, 0.4) is 0 Å². The molecule has 9 heteroatoms. The number of sulfonamides is 1. The topological polar surface area (TPSA) is 98.2 Å². The Morgan fingerprint density at radius 3 is 2.59 bits per heavy atom. The fourth-order valence-electron chi connectivity index (χ4n) is 1.55. The number of nitrogens with one attached hydrogen (secondary N) is 1. The lowest BCUT2D eigenvalue weighted by Gasteiger charge is -2.08. The molecular weight excluding hydrogens is 330 g/mol. The highest BCUT2D eigenvalue weighted by Crippen LogP contribution is 2.20. The van der Waals surface area contributed by atoms with E-state index in [9.17, 15) is 13.2 Å². The maximum atomic E-state index is 12.1. The summed E-state index contributed by atoms with van der Waals surface area (Å²) >= 11 is 5.82. The van der Waals surface area contributed by atoms with Gasteiger partial charge in [0, 0.05) is 0 Å². The van der Waals surface area contributed by atoms with E-state index in [2.05, 4.69) is 9.97 Å². The number of amides is 1. The number of nitrogens with zero attached hydrogens (tertiary/aromatic N) is 2. The molecule has 0 saturated heterocycles. The van der Waals surface area contributed by atoms with Gasteiger partial charge in [0.25, 0.3) is 15.9 Å². The van der Waals surface area contributed by atoms with Gasteiger partial charge in [-0.25, -0.2) is 23.1 Å². The van der Waals surface area contributed by atoms with Crippen molar-refractivity contribution in [3.8, 4) is 5.88 Å². The van der Waals surface area contributed by atoms with Crippen LogP contribution < -0.4 is 9.46 Å². The van der Waals surface area contributed by atoms with Crippen LogP contribution in [0.5, 0.6) is 5.88 Å². The molecule has 1 aromatic heterocycles. The molecule has 0 saturated carbocycles. The van der Waals surface area contributed by atoms with Crippen LogP contribution in [0.4, 0.5) is 0 Å². The zero-order chi connectivity index (χ0) is 16.2. The molecule has 0 spiro atoms. The van der Waals surface area contributed by atoms with Gasteiger partial charge in [-0.3, -0.25) is 4.79 Å². The lowest BCUT2D eigenvalue weighted by Crippen LogP contribution is -2.31. The molecule has 22 heavy (non-hydrogen) atoms. The molecule has 1 aromatic carbocycles. The van der Waals surface area contributed by atoms with Crippen molar-refractivity contribution in [1.82, 2.24) is 14.7 Å². The van der Waals surface area contributed by atoms with E-state index in [1.54, 1.807) is 13.0 Å². The molecule has 1 N–H and O–H groups in total. The van der Waals surface area contributed by atoms with E-state index >= 15 is 0 Å². The maximum absolute atomic E-state index is 12.1. The lowest BCUT2D eigenvalue weighted by atomic mass is 10.4. The molecule has 0 atom stereocenters. The summed E-state index contributed by atoms with van der Waals surface area (Å²) in [6.45, 7) is 2.18. The second kappa shape index (κ2) is 6.71. The third kappa shape index (κ3) is 3.71. The normalized spacial score (nSPS) is 11.0. The molecule has 1 heterocycles. The lowest BCUT2D eigenvalue weighted by molar-refractivity contribution is 0.0976. The predicted molar refractivity (Wildman–Crippen MR) is 79.3 cm³/mol. The zero-order valence-electron chi connectivity index (χ0n) is 11.5. The number of hydrogen-bond acceptors (Lipinski definition) is 6. The monoisotopic (exact) mass is 341 g/mol. The molecule has 1 amide bonds. The molecule has 0 unspecified atom stereocenters. The summed E-state index contributed by atoms with van der Waals surface area (Å²) in [5.74, 6) is -0.663. The van der Waals surface area contributed by atoms with Gasteiger partial charge in [0.1, 0.15) is 10.6 Å². The molecule has 2 aromatic rings. The van der Waals surface area contributed by atoms with Crippen molar-refractivity contribution < 1.29 is 17.9 Å². The molecule has 0 aliphatic heterocycles. The summed E-state index contributed by atoms with van der Waals surface area (Å²) in [6, 6.07) is 5.79. The van der Waals surface area contributed by atoms with E-state index in [-0.39, 0.29) is 21.5 Å². The van der Waals surface area contributed by atoms with E-state index in [4.69, 9.17) is 16.3 Å². The predicted octanol–water partition coefficient (Wildman–Crippen LogP) is 1.65. The van der Waals surface area contributed by atoms with Crippen molar-refractivity contribution in [2.75, 3.05) is 6.61 Å². The molecule has 7 nitrogen and oxygen atoms in total. The third-order valence-corrected chi connectivity index (χ3v) is 4.34. The highest BCUT2D eigenvalue weighted by molar-refractivity contribution is 7.90. The van der Waals surface area contributed by atoms with Crippen molar-refractivity contribution >= 4 is 27.5 Å². The first-order valence-electron chi connectivity index (χ1n) is 6.20. The van der Waals surface area contributed by atoms with Gasteiger partial charge >= 0.3 is 0 Å². The molecule has 0 aliphatic carbocycles. The van der Waals surface area contributed by atoms with Gasteiger partial charge in [0.2, 0.25) is 5.88 Å². The number of aromatic nitrogens is 2. The van der Waals surface area contributed by atoms with E-state index in [1.807, 2.05) is 4.72 Å². The van der Waals surface area contributed by atoms with Gasteiger partial charge in [-0.2, -0.15) is 0 Å². The van der Waals surface area contributed by atoms with Crippen molar-refractivity contribution in [1.29, 1.82) is 0 Å². The van der Waals surface area contributed by atoms with E-state index < -0.39 is 15.9 Å². The van der Waals surface area contributed by atoms with Crippen LogP contribution in [0.2, 0.25) is 5.02 Å². The minimum Gasteiger partial charge on any atom is -0.477 e. The number of hydrogen-bond donors (Lipinski definition) is 1. The van der Waals surface area contributed by atoms with Crippen LogP contribution in [0.1, 0.15) is 17.4 Å². The fourth-order valence-corrected chi connectivity index (χ4v) is 3.03. The largest absolute Gasteiger partial charge is 0.477 e. The first-order valence-corrected chi connectivity index (χ1v) is 8.06. The van der Waals surface area contributed by atoms with Gasteiger partial charge < -0.3 is 4.74 Å². The summed E-state index contributed by atoms with van der Waals surface area (Å²) in [5.41, 5.74) is -0.154. The SMILES string of the molecule is CCOc1cnc(C(=O)NS(=O)(=O)c2ccccc2Cl)cn1. The second-order valence-electron chi connectivity index (χ2n) is 4.04. The number of rotatable bonds is 5. The van der Waals surface area contributed by atoms with Crippen LogP contribution >= 0.6 is 11.6 Å².